The van der Waals surface area contributed by atoms with Crippen LogP contribution in [-0.4, -0.2) is 21.9 Å². The molecular weight excluding hydrogens is 270 g/mol. The number of ketones is 1. The molecule has 5 heteroatoms. The number of hydrogen-bond acceptors (Lipinski definition) is 4. The van der Waals surface area contributed by atoms with E-state index in [0.29, 0.717) is 5.56 Å². The van der Waals surface area contributed by atoms with Crippen LogP contribution in [0, 0.1) is 6.92 Å². The third-order valence-electron chi connectivity index (χ3n) is 3.06. The van der Waals surface area contributed by atoms with Gasteiger partial charge in [-0.25, -0.2) is 0 Å². The number of amides is 1. The lowest BCUT2D eigenvalue weighted by molar-refractivity contribution is 0.101. The van der Waals surface area contributed by atoms with E-state index in [4.69, 9.17) is 0 Å². The summed E-state index contributed by atoms with van der Waals surface area (Å²) in [7, 11) is 0. The standard InChI is InChI=1S/C16H15NO4/c1-9-3-5-11(6-4-9)16(21)17-13-8-14(19)12(10(2)18)7-15(13)20/h3-8,19-20H,1-2H3,(H,17,21). The second kappa shape index (κ2) is 5.66. The molecule has 108 valence electrons. The molecule has 0 bridgehead atoms. The highest BCUT2D eigenvalue weighted by molar-refractivity contribution is 6.06. The van der Waals surface area contributed by atoms with Gasteiger partial charge in [0.15, 0.2) is 5.78 Å². The van der Waals surface area contributed by atoms with Crippen LogP contribution in [0.15, 0.2) is 36.4 Å². The number of aryl methyl sites for hydroxylation is 1. The summed E-state index contributed by atoms with van der Waals surface area (Å²) in [5, 5.41) is 22.0. The summed E-state index contributed by atoms with van der Waals surface area (Å²) in [6.45, 7) is 3.19. The van der Waals surface area contributed by atoms with Gasteiger partial charge in [0.1, 0.15) is 11.5 Å². The van der Waals surface area contributed by atoms with Crippen LogP contribution in [-0.2, 0) is 0 Å². The highest BCUT2D eigenvalue weighted by Gasteiger charge is 2.14. The van der Waals surface area contributed by atoms with Gasteiger partial charge in [-0.05, 0) is 32.0 Å². The SMILES string of the molecule is CC(=O)c1cc(O)c(NC(=O)c2ccc(C)cc2)cc1O. The molecule has 2 rings (SSSR count). The van der Waals surface area contributed by atoms with Gasteiger partial charge in [-0.15, -0.1) is 0 Å². The van der Waals surface area contributed by atoms with E-state index in [2.05, 4.69) is 5.32 Å². The van der Waals surface area contributed by atoms with E-state index >= 15 is 0 Å². The molecule has 0 heterocycles. The van der Waals surface area contributed by atoms with Crippen LogP contribution in [0.25, 0.3) is 0 Å². The van der Waals surface area contributed by atoms with Crippen molar-refractivity contribution < 1.29 is 19.8 Å². The molecule has 2 aromatic rings. The third kappa shape index (κ3) is 3.20. The van der Waals surface area contributed by atoms with Crippen LogP contribution < -0.4 is 5.32 Å². The van der Waals surface area contributed by atoms with Crippen LogP contribution in [0.5, 0.6) is 11.5 Å². The molecular formula is C16H15NO4. The summed E-state index contributed by atoms with van der Waals surface area (Å²) in [6, 6.07) is 9.19. The Balaban J connectivity index is 2.27. The molecule has 2 aromatic carbocycles. The first-order valence-electron chi connectivity index (χ1n) is 6.33. The molecule has 21 heavy (non-hydrogen) atoms. The second-order valence-corrected chi connectivity index (χ2v) is 4.76. The summed E-state index contributed by atoms with van der Waals surface area (Å²) in [5.41, 5.74) is 1.50. The summed E-state index contributed by atoms with van der Waals surface area (Å²) < 4.78 is 0. The number of benzene rings is 2. The van der Waals surface area contributed by atoms with Gasteiger partial charge in [0.25, 0.3) is 5.91 Å². The largest absolute Gasteiger partial charge is 0.507 e. The van der Waals surface area contributed by atoms with Crippen molar-refractivity contribution in [3.05, 3.63) is 53.1 Å². The Hall–Kier alpha value is -2.82. The minimum atomic E-state index is -0.416. The van der Waals surface area contributed by atoms with E-state index in [1.54, 1.807) is 24.3 Å². The Morgan fingerprint density at radius 1 is 1.00 bits per heavy atom. The molecule has 0 saturated carbocycles. The van der Waals surface area contributed by atoms with E-state index in [1.807, 2.05) is 6.92 Å². The van der Waals surface area contributed by atoms with Gasteiger partial charge in [0.2, 0.25) is 0 Å². The summed E-state index contributed by atoms with van der Waals surface area (Å²) in [4.78, 5) is 23.3. The predicted molar refractivity (Wildman–Crippen MR) is 78.9 cm³/mol. The molecule has 0 aliphatic heterocycles. The van der Waals surface area contributed by atoms with Crippen molar-refractivity contribution in [1.29, 1.82) is 0 Å². The molecule has 0 radical (unpaired) electrons. The van der Waals surface area contributed by atoms with Crippen molar-refractivity contribution in [2.75, 3.05) is 5.32 Å². The Morgan fingerprint density at radius 2 is 1.62 bits per heavy atom. The van der Waals surface area contributed by atoms with Crippen LogP contribution in [0.4, 0.5) is 5.69 Å². The third-order valence-corrected chi connectivity index (χ3v) is 3.06. The number of hydrogen-bond donors (Lipinski definition) is 3. The number of aromatic hydroxyl groups is 2. The Labute approximate surface area is 121 Å². The normalized spacial score (nSPS) is 10.2. The zero-order chi connectivity index (χ0) is 15.6. The predicted octanol–water partition coefficient (Wildman–Crippen LogP) is 2.86. The lowest BCUT2D eigenvalue weighted by Gasteiger charge is -2.10. The summed E-state index contributed by atoms with van der Waals surface area (Å²) in [6.07, 6.45) is 0. The molecule has 0 atom stereocenters. The monoisotopic (exact) mass is 285 g/mol. The molecule has 0 aromatic heterocycles. The van der Waals surface area contributed by atoms with E-state index in [0.717, 1.165) is 17.7 Å². The molecule has 1 amide bonds. The number of rotatable bonds is 3. The number of phenols is 2. The fourth-order valence-electron chi connectivity index (χ4n) is 1.86. The molecule has 3 N–H and O–H groups in total. The molecule has 0 fully saturated rings. The highest BCUT2D eigenvalue weighted by atomic mass is 16.3. The first-order chi connectivity index (χ1) is 9.88. The quantitative estimate of drug-likeness (QED) is 0.460. The number of anilines is 1. The van der Waals surface area contributed by atoms with E-state index in [1.165, 1.54) is 6.92 Å². The maximum absolute atomic E-state index is 12.0. The topological polar surface area (TPSA) is 86.6 Å². The zero-order valence-corrected chi connectivity index (χ0v) is 11.7. The average molecular weight is 285 g/mol. The maximum Gasteiger partial charge on any atom is 0.255 e. The smallest absolute Gasteiger partial charge is 0.255 e. The van der Waals surface area contributed by atoms with Gasteiger partial charge < -0.3 is 15.5 Å². The van der Waals surface area contributed by atoms with E-state index in [9.17, 15) is 19.8 Å². The van der Waals surface area contributed by atoms with Gasteiger partial charge in [-0.3, -0.25) is 9.59 Å². The minimum Gasteiger partial charge on any atom is -0.507 e. The van der Waals surface area contributed by atoms with E-state index in [-0.39, 0.29) is 28.5 Å². The van der Waals surface area contributed by atoms with Gasteiger partial charge in [-0.2, -0.15) is 0 Å². The maximum atomic E-state index is 12.0. The lowest BCUT2D eigenvalue weighted by atomic mass is 10.1. The summed E-state index contributed by atoms with van der Waals surface area (Å²) in [5.74, 6) is -1.36. The van der Waals surface area contributed by atoms with Gasteiger partial charge in [0, 0.05) is 11.6 Å². The van der Waals surface area contributed by atoms with Gasteiger partial charge >= 0.3 is 0 Å². The molecule has 0 aliphatic rings. The number of nitrogens with one attached hydrogen (secondary N) is 1. The lowest BCUT2D eigenvalue weighted by Crippen LogP contribution is -2.12. The fraction of sp³-hybridized carbons (Fsp3) is 0.125. The van der Waals surface area contributed by atoms with Crippen molar-refractivity contribution in [1.82, 2.24) is 0 Å². The van der Waals surface area contributed by atoms with Crippen molar-refractivity contribution >= 4 is 17.4 Å². The van der Waals surface area contributed by atoms with Crippen LogP contribution >= 0.6 is 0 Å². The number of phenolic OH excluding ortho intramolecular Hbond substituents is 2. The fourth-order valence-corrected chi connectivity index (χ4v) is 1.86. The zero-order valence-electron chi connectivity index (χ0n) is 11.7. The first kappa shape index (κ1) is 14.6. The Bertz CT molecular complexity index is 705. The molecule has 0 saturated heterocycles. The first-order valence-corrected chi connectivity index (χ1v) is 6.33. The van der Waals surface area contributed by atoms with Crippen molar-refractivity contribution in [2.45, 2.75) is 13.8 Å². The molecule has 0 spiro atoms. The Kier molecular flexibility index (Phi) is 3.93. The van der Waals surface area contributed by atoms with E-state index < -0.39 is 5.91 Å². The van der Waals surface area contributed by atoms with Crippen molar-refractivity contribution in [3.63, 3.8) is 0 Å². The van der Waals surface area contributed by atoms with Crippen LogP contribution in [0.2, 0.25) is 0 Å². The van der Waals surface area contributed by atoms with Crippen LogP contribution in [0.1, 0.15) is 33.2 Å². The second-order valence-electron chi connectivity index (χ2n) is 4.76. The number of carbonyl (C=O) groups is 2. The van der Waals surface area contributed by atoms with Gasteiger partial charge in [-0.1, -0.05) is 17.7 Å². The van der Waals surface area contributed by atoms with Gasteiger partial charge in [0.05, 0.1) is 11.3 Å². The van der Waals surface area contributed by atoms with Crippen molar-refractivity contribution in [3.8, 4) is 11.5 Å². The molecule has 0 aliphatic carbocycles. The summed E-state index contributed by atoms with van der Waals surface area (Å²) >= 11 is 0. The van der Waals surface area contributed by atoms with Crippen molar-refractivity contribution in [2.24, 2.45) is 0 Å². The molecule has 5 nitrogen and oxygen atoms in total. The Morgan fingerprint density at radius 3 is 2.19 bits per heavy atom. The molecule has 0 unspecified atom stereocenters. The number of carbonyl (C=O) groups excluding carboxylic acids is 2. The van der Waals surface area contributed by atoms with Crippen LogP contribution in [0.3, 0.4) is 0 Å². The minimum absolute atomic E-state index is 0.000773. The number of Topliss-reactive ketones (excluding diaryl/α,β-unsaturated/α-hetero) is 1. The highest BCUT2D eigenvalue weighted by Crippen LogP contribution is 2.32. The average Bonchev–Trinajstić information content (AvgIpc) is 2.42.